The zero-order valence-electron chi connectivity index (χ0n) is 24.1. The third-order valence-electron chi connectivity index (χ3n) is 7.32. The van der Waals surface area contributed by atoms with Gasteiger partial charge in [-0.25, -0.2) is 13.8 Å². The number of hydrogen-bond donors (Lipinski definition) is 2. The Balaban J connectivity index is 1.07. The van der Waals surface area contributed by atoms with Crippen molar-refractivity contribution in [3.8, 4) is 17.2 Å². The quantitative estimate of drug-likeness (QED) is 0.186. The summed E-state index contributed by atoms with van der Waals surface area (Å²) in [7, 11) is 1.88. The average Bonchev–Trinajstić information content (AvgIpc) is 3.45. The van der Waals surface area contributed by atoms with Crippen LogP contribution in [0.15, 0.2) is 84.9 Å². The van der Waals surface area contributed by atoms with Crippen molar-refractivity contribution in [1.82, 2.24) is 14.9 Å². The standard InChI is InChI=1S/C33H26F2N4O5S/c1-33(31(41)38-32(42)45-33)17-19-3-8-22(9-4-19)43-18-29-37-27-14-12-24(16-28(27)39(29)2)44-23-10-6-21(7-11-23)36-30(40)25-13-5-20(34)15-26(25)35/h3-16H,17-18H2,1-2H3,(H,36,40)(H,38,41,42)/t33-/m0/s1. The fourth-order valence-corrected chi connectivity index (χ4v) is 5.82. The molecule has 0 aliphatic carbocycles. The van der Waals surface area contributed by atoms with Crippen LogP contribution in [0.1, 0.15) is 28.7 Å². The first-order chi connectivity index (χ1) is 21.6. The molecule has 9 nitrogen and oxygen atoms in total. The van der Waals surface area contributed by atoms with Crippen LogP contribution in [0.25, 0.3) is 11.0 Å². The fourth-order valence-electron chi connectivity index (χ4n) is 4.89. The Hall–Kier alpha value is -5.23. The van der Waals surface area contributed by atoms with Gasteiger partial charge in [0.2, 0.25) is 5.91 Å². The van der Waals surface area contributed by atoms with E-state index in [1.54, 1.807) is 37.3 Å². The number of thioether (sulfide) groups is 1. The molecule has 1 aliphatic heterocycles. The van der Waals surface area contributed by atoms with Crippen molar-refractivity contribution >= 4 is 45.5 Å². The summed E-state index contributed by atoms with van der Waals surface area (Å²) in [6.45, 7) is 1.98. The van der Waals surface area contributed by atoms with Gasteiger partial charge >= 0.3 is 0 Å². The Labute approximate surface area is 260 Å². The number of nitrogens with one attached hydrogen (secondary N) is 2. The van der Waals surface area contributed by atoms with E-state index >= 15 is 0 Å². The van der Waals surface area contributed by atoms with Gasteiger partial charge in [-0.15, -0.1) is 0 Å². The number of rotatable bonds is 9. The molecule has 3 amide bonds. The first-order valence-electron chi connectivity index (χ1n) is 13.8. The Bertz CT molecular complexity index is 1950. The minimum atomic E-state index is -0.941. The molecule has 12 heteroatoms. The molecule has 1 fully saturated rings. The molecule has 5 aromatic rings. The van der Waals surface area contributed by atoms with Crippen molar-refractivity contribution < 1.29 is 32.6 Å². The molecule has 228 valence electrons. The van der Waals surface area contributed by atoms with Crippen LogP contribution in [-0.2, 0) is 24.9 Å². The van der Waals surface area contributed by atoms with E-state index in [2.05, 4.69) is 15.6 Å². The summed E-state index contributed by atoms with van der Waals surface area (Å²) >= 11 is 1.01. The van der Waals surface area contributed by atoms with E-state index in [0.717, 1.165) is 40.5 Å². The molecular formula is C33H26F2N4O5S. The monoisotopic (exact) mass is 628 g/mol. The van der Waals surface area contributed by atoms with Crippen LogP contribution in [0.4, 0.5) is 19.3 Å². The maximum Gasteiger partial charge on any atom is 0.286 e. The van der Waals surface area contributed by atoms with Crippen LogP contribution in [0, 0.1) is 11.6 Å². The molecule has 0 saturated carbocycles. The number of aromatic nitrogens is 2. The number of anilines is 1. The lowest BCUT2D eigenvalue weighted by atomic mass is 9.99. The number of carbonyl (C=O) groups is 3. The zero-order chi connectivity index (χ0) is 31.7. The molecule has 1 saturated heterocycles. The fraction of sp³-hybridized carbons (Fsp3) is 0.152. The number of hydrogen-bond acceptors (Lipinski definition) is 7. The van der Waals surface area contributed by atoms with Crippen LogP contribution in [0.2, 0.25) is 0 Å². The van der Waals surface area contributed by atoms with Crippen molar-refractivity contribution in [2.45, 2.75) is 24.7 Å². The second kappa shape index (κ2) is 12.0. The average molecular weight is 629 g/mol. The van der Waals surface area contributed by atoms with E-state index in [9.17, 15) is 23.2 Å². The normalized spacial score (nSPS) is 16.1. The Morgan fingerprint density at radius 2 is 1.67 bits per heavy atom. The van der Waals surface area contributed by atoms with Gasteiger partial charge in [0.15, 0.2) is 0 Å². The van der Waals surface area contributed by atoms with Gasteiger partial charge in [-0.05, 0) is 91.3 Å². The van der Waals surface area contributed by atoms with Crippen molar-refractivity contribution in [2.75, 3.05) is 5.32 Å². The Morgan fingerprint density at radius 1 is 0.956 bits per heavy atom. The van der Waals surface area contributed by atoms with Crippen LogP contribution in [0.3, 0.4) is 0 Å². The molecule has 0 bridgehead atoms. The predicted molar refractivity (Wildman–Crippen MR) is 166 cm³/mol. The first kappa shape index (κ1) is 29.8. The van der Waals surface area contributed by atoms with Crippen molar-refractivity contribution in [3.05, 3.63) is 114 Å². The van der Waals surface area contributed by atoms with E-state index < -0.39 is 22.3 Å². The minimum absolute atomic E-state index is 0.222. The number of fused-ring (bicyclic) bond motifs is 1. The number of nitrogens with zero attached hydrogens (tertiary/aromatic N) is 2. The number of imidazole rings is 1. The van der Waals surface area contributed by atoms with Gasteiger partial charge in [-0.2, -0.15) is 0 Å². The van der Waals surface area contributed by atoms with E-state index in [1.165, 1.54) is 0 Å². The second-order valence-electron chi connectivity index (χ2n) is 10.6. The summed E-state index contributed by atoms with van der Waals surface area (Å²) in [6.07, 6.45) is 0.421. The molecule has 0 unspecified atom stereocenters. The third kappa shape index (κ3) is 6.50. The number of imide groups is 1. The zero-order valence-corrected chi connectivity index (χ0v) is 24.9. The van der Waals surface area contributed by atoms with Crippen LogP contribution >= 0.6 is 11.8 Å². The molecule has 6 rings (SSSR count). The molecule has 1 aromatic heterocycles. The summed E-state index contributed by atoms with van der Waals surface area (Å²) < 4.78 is 40.1. The van der Waals surface area contributed by atoms with Gasteiger partial charge in [-0.3, -0.25) is 19.7 Å². The van der Waals surface area contributed by atoms with Gasteiger partial charge in [-0.1, -0.05) is 12.1 Å². The van der Waals surface area contributed by atoms with Crippen LogP contribution in [0.5, 0.6) is 17.2 Å². The van der Waals surface area contributed by atoms with Crippen LogP contribution < -0.4 is 20.1 Å². The van der Waals surface area contributed by atoms with E-state index in [4.69, 9.17) is 9.47 Å². The Morgan fingerprint density at radius 3 is 2.36 bits per heavy atom. The smallest absolute Gasteiger partial charge is 0.286 e. The highest BCUT2D eigenvalue weighted by Crippen LogP contribution is 2.35. The summed E-state index contributed by atoms with van der Waals surface area (Å²) in [4.78, 5) is 40.8. The number of carbonyl (C=O) groups excluding carboxylic acids is 3. The minimum Gasteiger partial charge on any atom is -0.486 e. The lowest BCUT2D eigenvalue weighted by molar-refractivity contribution is -0.121. The van der Waals surface area contributed by atoms with Crippen molar-refractivity contribution in [2.24, 2.45) is 7.05 Å². The van der Waals surface area contributed by atoms with Crippen LogP contribution in [-0.4, -0.2) is 31.4 Å². The number of ether oxygens (including phenoxy) is 2. The van der Waals surface area contributed by atoms with Crippen molar-refractivity contribution in [3.63, 3.8) is 0 Å². The van der Waals surface area contributed by atoms with Gasteiger partial charge in [0.05, 0.1) is 16.6 Å². The molecule has 2 heterocycles. The summed E-state index contributed by atoms with van der Waals surface area (Å²) in [5.74, 6) is -0.244. The maximum atomic E-state index is 13.9. The topological polar surface area (TPSA) is 112 Å². The molecule has 2 N–H and O–H groups in total. The highest BCUT2D eigenvalue weighted by molar-refractivity contribution is 8.16. The van der Waals surface area contributed by atoms with Gasteiger partial charge in [0.25, 0.3) is 11.1 Å². The van der Waals surface area contributed by atoms with E-state index in [1.807, 2.05) is 48.0 Å². The second-order valence-corrected chi connectivity index (χ2v) is 12.1. The van der Waals surface area contributed by atoms with Gasteiger partial charge in [0.1, 0.15) is 46.1 Å². The maximum absolute atomic E-state index is 13.9. The molecule has 45 heavy (non-hydrogen) atoms. The first-order valence-corrected chi connectivity index (χ1v) is 14.6. The third-order valence-corrected chi connectivity index (χ3v) is 8.38. The summed E-state index contributed by atoms with van der Waals surface area (Å²) in [5, 5.41) is 4.59. The summed E-state index contributed by atoms with van der Waals surface area (Å²) in [5.41, 5.74) is 2.67. The predicted octanol–water partition coefficient (Wildman–Crippen LogP) is 6.76. The molecule has 0 spiro atoms. The van der Waals surface area contributed by atoms with Gasteiger partial charge < -0.3 is 19.4 Å². The highest BCUT2D eigenvalue weighted by Gasteiger charge is 2.43. The van der Waals surface area contributed by atoms with Gasteiger partial charge in [0, 0.05) is 24.9 Å². The number of aryl methyl sites for hydroxylation is 1. The van der Waals surface area contributed by atoms with Crippen molar-refractivity contribution in [1.29, 1.82) is 0 Å². The molecule has 1 aliphatic rings. The van der Waals surface area contributed by atoms with E-state index in [0.29, 0.717) is 41.2 Å². The molecular weight excluding hydrogens is 602 g/mol. The molecule has 0 radical (unpaired) electrons. The molecule has 4 aromatic carbocycles. The Kier molecular flexibility index (Phi) is 7.98. The summed E-state index contributed by atoms with van der Waals surface area (Å²) in [6, 6.07) is 22.2. The largest absolute Gasteiger partial charge is 0.486 e. The number of amides is 3. The number of halogens is 2. The highest BCUT2D eigenvalue weighted by atomic mass is 32.2. The lowest BCUT2D eigenvalue weighted by Gasteiger charge is -2.18. The van der Waals surface area contributed by atoms with E-state index in [-0.39, 0.29) is 23.3 Å². The number of benzene rings is 4. The SMILES string of the molecule is Cn1c(COc2ccc(C[C@]3(C)SC(=O)NC3=O)cc2)nc2ccc(Oc3ccc(NC(=O)c4ccc(F)cc4F)cc3)cc21. The molecule has 1 atom stereocenters. The lowest BCUT2D eigenvalue weighted by Crippen LogP contribution is -2.35.